The third kappa shape index (κ3) is 3.20. The smallest absolute Gasteiger partial charge is 0.422 e. The molecule has 0 radical (unpaired) electrons. The second-order valence-corrected chi connectivity index (χ2v) is 4.71. The van der Waals surface area contributed by atoms with Crippen molar-refractivity contribution in [2.75, 3.05) is 6.61 Å². The fraction of sp³-hybridized carbons (Fsp3) is 0.200. The first-order valence-corrected chi connectivity index (χ1v) is 6.73. The summed E-state index contributed by atoms with van der Waals surface area (Å²) in [6.07, 6.45) is 1.41. The van der Waals surface area contributed by atoms with E-state index >= 15 is 0 Å². The third-order valence-electron chi connectivity index (χ3n) is 3.18. The molecule has 0 saturated carbocycles. The van der Waals surface area contributed by atoms with E-state index in [9.17, 15) is 19.6 Å². The van der Waals surface area contributed by atoms with Crippen molar-refractivity contribution in [3.63, 3.8) is 0 Å². The fourth-order valence-electron chi connectivity index (χ4n) is 1.97. The van der Waals surface area contributed by atoms with E-state index in [0.717, 1.165) is 10.8 Å². The lowest BCUT2D eigenvalue weighted by Crippen LogP contribution is -2.29. The van der Waals surface area contributed by atoms with Crippen LogP contribution in [0.2, 0.25) is 0 Å². The van der Waals surface area contributed by atoms with Gasteiger partial charge in [-0.15, -0.1) is 0 Å². The topological polar surface area (TPSA) is 103 Å². The van der Waals surface area contributed by atoms with Gasteiger partial charge in [0.05, 0.1) is 11.9 Å². The summed E-state index contributed by atoms with van der Waals surface area (Å²) in [6, 6.07) is 5.78. The van der Waals surface area contributed by atoms with Crippen molar-refractivity contribution in [2.45, 2.75) is 13.0 Å². The number of hydrogen-bond donors (Lipinski definition) is 1. The van der Waals surface area contributed by atoms with E-state index < -0.39 is 23.7 Å². The predicted octanol–water partition coefficient (Wildman–Crippen LogP) is 2.34. The molecule has 0 bridgehead atoms. The Balaban J connectivity index is 2.39. The number of ether oxygens (including phenoxy) is 1. The third-order valence-corrected chi connectivity index (χ3v) is 3.18. The maximum absolute atomic E-state index is 12.2. The molecule has 120 valence electrons. The Labute approximate surface area is 131 Å². The molecule has 23 heavy (non-hydrogen) atoms. The highest BCUT2D eigenvalue weighted by atomic mass is 16.5. The summed E-state index contributed by atoms with van der Waals surface area (Å²) in [6.45, 7) is 4.98. The van der Waals surface area contributed by atoms with Crippen molar-refractivity contribution >= 4 is 6.09 Å². The first-order chi connectivity index (χ1) is 11.0. The van der Waals surface area contributed by atoms with Gasteiger partial charge in [-0.3, -0.25) is 0 Å². The molecule has 8 nitrogen and oxygen atoms in total. The Morgan fingerprint density at radius 3 is 2.65 bits per heavy atom. The molecule has 1 heterocycles. The summed E-state index contributed by atoms with van der Waals surface area (Å²) in [7, 11) is 0. The van der Waals surface area contributed by atoms with Crippen LogP contribution in [0.25, 0.3) is 5.69 Å². The van der Waals surface area contributed by atoms with E-state index in [0.29, 0.717) is 15.8 Å². The summed E-state index contributed by atoms with van der Waals surface area (Å²) in [5.74, 6) is -0.417. The van der Waals surface area contributed by atoms with Gasteiger partial charge in [0, 0.05) is 0 Å². The first kappa shape index (κ1) is 16.2. The zero-order valence-corrected chi connectivity index (χ0v) is 12.4. The molecule has 2 rings (SSSR count). The quantitative estimate of drug-likeness (QED) is 0.673. The lowest BCUT2D eigenvalue weighted by Gasteiger charge is -2.06. The number of carbonyl (C=O) groups is 1. The van der Waals surface area contributed by atoms with Crippen LogP contribution >= 0.6 is 0 Å². The molecule has 1 unspecified atom stereocenters. The van der Waals surface area contributed by atoms with Crippen molar-refractivity contribution < 1.29 is 14.6 Å². The molecule has 0 spiro atoms. The van der Waals surface area contributed by atoms with Crippen molar-refractivity contribution in [1.82, 2.24) is 9.13 Å². The Hall–Kier alpha value is -3.16. The number of carbonyl (C=O) groups excluding carboxylic acids is 1. The lowest BCUT2D eigenvalue weighted by atomic mass is 10.1. The average Bonchev–Trinajstić information content (AvgIpc) is 2.86. The van der Waals surface area contributed by atoms with E-state index in [1.807, 2.05) is 0 Å². The Morgan fingerprint density at radius 2 is 2.09 bits per heavy atom. The summed E-state index contributed by atoms with van der Waals surface area (Å²) >= 11 is 0. The number of hydrogen-bond acceptors (Lipinski definition) is 6. The monoisotopic (exact) mass is 317 g/mol. The van der Waals surface area contributed by atoms with Crippen molar-refractivity contribution in [3.05, 3.63) is 64.1 Å². The molecule has 0 amide bonds. The Morgan fingerprint density at radius 1 is 1.43 bits per heavy atom. The number of nitrogens with zero attached hydrogens (tertiary/aromatic N) is 3. The number of aromatic nitrogens is 2. The zero-order chi connectivity index (χ0) is 17.0. The van der Waals surface area contributed by atoms with E-state index in [1.165, 1.54) is 18.2 Å². The van der Waals surface area contributed by atoms with Gasteiger partial charge in [-0.2, -0.15) is 9.47 Å². The van der Waals surface area contributed by atoms with E-state index in [4.69, 9.17) is 4.74 Å². The minimum absolute atomic E-state index is 0.0531. The van der Waals surface area contributed by atoms with Crippen LogP contribution in [0.3, 0.4) is 0 Å². The molecule has 1 atom stereocenters. The van der Waals surface area contributed by atoms with E-state index in [1.54, 1.807) is 19.1 Å². The lowest BCUT2D eigenvalue weighted by molar-refractivity contribution is 0.159. The van der Waals surface area contributed by atoms with Crippen LogP contribution in [0.5, 0.6) is 5.88 Å². The van der Waals surface area contributed by atoms with Gasteiger partial charge in [-0.1, -0.05) is 30.0 Å². The SMILES string of the molecule is C=CCOC(=O)n1cc(O)n(-c2ccc(C(C)N=O)cc2)c1=O. The van der Waals surface area contributed by atoms with Crippen LogP contribution in [0, 0.1) is 4.91 Å². The molecule has 2 aromatic rings. The van der Waals surface area contributed by atoms with Gasteiger partial charge in [-0.25, -0.2) is 14.2 Å². The van der Waals surface area contributed by atoms with Gasteiger partial charge in [0.1, 0.15) is 12.6 Å². The summed E-state index contributed by atoms with van der Waals surface area (Å²) in [4.78, 5) is 34.5. The van der Waals surface area contributed by atoms with Crippen molar-refractivity contribution in [3.8, 4) is 11.6 Å². The van der Waals surface area contributed by atoms with Crippen LogP contribution in [-0.4, -0.2) is 26.9 Å². The van der Waals surface area contributed by atoms with Crippen LogP contribution in [-0.2, 0) is 4.74 Å². The zero-order valence-electron chi connectivity index (χ0n) is 12.4. The standard InChI is InChI=1S/C15H15N3O5/c1-3-8-23-15(21)17-9-13(19)18(14(17)20)12-6-4-11(5-7-12)10(2)16-22/h3-7,9-10,19H,1,8H2,2H3. The molecule has 1 aromatic heterocycles. The Kier molecular flexibility index (Phi) is 4.75. The highest BCUT2D eigenvalue weighted by Gasteiger charge is 2.18. The number of imidazole rings is 1. The van der Waals surface area contributed by atoms with Gasteiger partial charge < -0.3 is 9.84 Å². The molecule has 8 heteroatoms. The first-order valence-electron chi connectivity index (χ1n) is 6.73. The molecule has 0 fully saturated rings. The molecule has 0 aliphatic carbocycles. The largest absolute Gasteiger partial charge is 0.493 e. The highest BCUT2D eigenvalue weighted by Crippen LogP contribution is 2.20. The van der Waals surface area contributed by atoms with Gasteiger partial charge in [-0.05, 0) is 24.6 Å². The van der Waals surface area contributed by atoms with Gasteiger partial charge >= 0.3 is 11.8 Å². The molecule has 0 saturated heterocycles. The van der Waals surface area contributed by atoms with Gasteiger partial charge in [0.15, 0.2) is 0 Å². The molecular weight excluding hydrogens is 302 g/mol. The molecule has 1 aromatic carbocycles. The van der Waals surface area contributed by atoms with Crippen molar-refractivity contribution in [2.24, 2.45) is 5.18 Å². The fourth-order valence-corrected chi connectivity index (χ4v) is 1.97. The summed E-state index contributed by atoms with van der Waals surface area (Å²) in [5, 5.41) is 12.8. The number of rotatable bonds is 5. The Bertz CT molecular complexity index is 788. The van der Waals surface area contributed by atoms with E-state index in [2.05, 4.69) is 11.8 Å². The maximum Gasteiger partial charge on any atom is 0.422 e. The second-order valence-electron chi connectivity index (χ2n) is 4.71. The summed E-state index contributed by atoms with van der Waals surface area (Å²) in [5.41, 5.74) is 0.233. The minimum Gasteiger partial charge on any atom is -0.493 e. The maximum atomic E-state index is 12.2. The van der Waals surface area contributed by atoms with Crippen LogP contribution < -0.4 is 5.69 Å². The molecule has 0 aliphatic rings. The average molecular weight is 317 g/mol. The summed E-state index contributed by atoms with van der Waals surface area (Å²) < 4.78 is 6.36. The van der Waals surface area contributed by atoms with Crippen molar-refractivity contribution in [1.29, 1.82) is 0 Å². The highest BCUT2D eigenvalue weighted by molar-refractivity contribution is 5.70. The normalized spacial score (nSPS) is 11.7. The number of benzene rings is 1. The second kappa shape index (κ2) is 6.73. The van der Waals surface area contributed by atoms with Gasteiger partial charge in [0.2, 0.25) is 5.88 Å². The van der Waals surface area contributed by atoms with Gasteiger partial charge in [0.25, 0.3) is 0 Å². The number of nitroso groups, excluding NO2 is 1. The van der Waals surface area contributed by atoms with Crippen LogP contribution in [0.15, 0.2) is 53.1 Å². The molecular formula is C15H15N3O5. The predicted molar refractivity (Wildman–Crippen MR) is 82.8 cm³/mol. The van der Waals surface area contributed by atoms with Crippen LogP contribution in [0.4, 0.5) is 4.79 Å². The van der Waals surface area contributed by atoms with E-state index in [-0.39, 0.29) is 6.61 Å². The minimum atomic E-state index is -0.917. The number of aromatic hydroxyl groups is 1. The van der Waals surface area contributed by atoms with Crippen LogP contribution in [0.1, 0.15) is 18.5 Å². The molecule has 0 aliphatic heterocycles. The molecule has 1 N–H and O–H groups in total.